The van der Waals surface area contributed by atoms with E-state index in [1.54, 1.807) is 18.2 Å². The van der Waals surface area contributed by atoms with Crippen molar-refractivity contribution in [3.63, 3.8) is 0 Å². The number of benzene rings is 1. The van der Waals surface area contributed by atoms with Gasteiger partial charge in [0, 0.05) is 11.6 Å². The summed E-state index contributed by atoms with van der Waals surface area (Å²) in [7, 11) is 0. The van der Waals surface area contributed by atoms with Gasteiger partial charge in [-0.25, -0.2) is 4.98 Å². The van der Waals surface area contributed by atoms with E-state index in [9.17, 15) is 4.79 Å². The van der Waals surface area contributed by atoms with Crippen molar-refractivity contribution in [2.75, 3.05) is 13.1 Å². The highest BCUT2D eigenvalue weighted by atomic mass is 35.5. The van der Waals surface area contributed by atoms with E-state index in [4.69, 9.17) is 11.6 Å². The van der Waals surface area contributed by atoms with Gasteiger partial charge in [0.05, 0.1) is 17.4 Å². The predicted molar refractivity (Wildman–Crippen MR) is 92.7 cm³/mol. The summed E-state index contributed by atoms with van der Waals surface area (Å²) < 4.78 is 0. The first-order chi connectivity index (χ1) is 11.2. The summed E-state index contributed by atoms with van der Waals surface area (Å²) in [4.78, 5) is 22.2. The highest BCUT2D eigenvalue weighted by molar-refractivity contribution is 6.31. The van der Waals surface area contributed by atoms with Gasteiger partial charge in [-0.15, -0.1) is 0 Å². The minimum absolute atomic E-state index is 0.0748. The summed E-state index contributed by atoms with van der Waals surface area (Å²) in [6.07, 6.45) is 6.83. The van der Waals surface area contributed by atoms with Crippen molar-refractivity contribution < 1.29 is 0 Å². The fourth-order valence-corrected chi connectivity index (χ4v) is 4.43. The highest BCUT2D eigenvalue weighted by Crippen LogP contribution is 2.36. The van der Waals surface area contributed by atoms with Crippen LogP contribution < -0.4 is 5.56 Å². The average molecular weight is 332 g/mol. The lowest BCUT2D eigenvalue weighted by Crippen LogP contribution is -2.41. The van der Waals surface area contributed by atoms with Crippen molar-refractivity contribution in [2.24, 2.45) is 11.8 Å². The number of H-pyrrole nitrogens is 1. The number of rotatable bonds is 2. The Balaban J connectivity index is 1.54. The number of aromatic nitrogens is 2. The molecule has 1 saturated carbocycles. The van der Waals surface area contributed by atoms with Crippen molar-refractivity contribution in [1.29, 1.82) is 0 Å². The minimum atomic E-state index is -0.0748. The topological polar surface area (TPSA) is 49.0 Å². The monoisotopic (exact) mass is 331 g/mol. The zero-order valence-electron chi connectivity index (χ0n) is 13.2. The number of aromatic amines is 1. The fourth-order valence-electron chi connectivity index (χ4n) is 4.27. The molecule has 2 atom stereocenters. The molecule has 2 aromatic rings. The van der Waals surface area contributed by atoms with Gasteiger partial charge in [0.1, 0.15) is 5.82 Å². The molecular formula is C18H22ClN3O. The van der Waals surface area contributed by atoms with E-state index >= 15 is 0 Å². The van der Waals surface area contributed by atoms with Crippen LogP contribution in [0.1, 0.15) is 37.9 Å². The Kier molecular flexibility index (Phi) is 4.12. The maximum atomic E-state index is 12.2. The van der Waals surface area contributed by atoms with Crippen LogP contribution in [0, 0.1) is 11.8 Å². The molecule has 2 heterocycles. The third-order valence-corrected chi connectivity index (χ3v) is 5.70. The van der Waals surface area contributed by atoms with Gasteiger partial charge in [0.25, 0.3) is 5.56 Å². The van der Waals surface area contributed by atoms with Crippen molar-refractivity contribution in [3.05, 3.63) is 39.4 Å². The van der Waals surface area contributed by atoms with Crippen LogP contribution in [0.3, 0.4) is 0 Å². The molecule has 1 aliphatic heterocycles. The lowest BCUT2D eigenvalue weighted by molar-refractivity contribution is 0.0803. The fraction of sp³-hybridized carbons (Fsp3) is 0.556. The summed E-state index contributed by atoms with van der Waals surface area (Å²) in [5, 5.41) is 1.22. The summed E-state index contributed by atoms with van der Waals surface area (Å²) in [5.41, 5.74) is 0.609. The molecule has 1 aliphatic carbocycles. The Morgan fingerprint density at radius 1 is 1.22 bits per heavy atom. The van der Waals surface area contributed by atoms with Gasteiger partial charge >= 0.3 is 0 Å². The number of halogens is 1. The van der Waals surface area contributed by atoms with Crippen molar-refractivity contribution >= 4 is 22.5 Å². The van der Waals surface area contributed by atoms with Crippen molar-refractivity contribution in [1.82, 2.24) is 14.9 Å². The predicted octanol–water partition coefficient (Wildman–Crippen LogP) is 3.59. The molecule has 0 unspecified atom stereocenters. The zero-order chi connectivity index (χ0) is 15.8. The lowest BCUT2D eigenvalue weighted by Gasteiger charge is -2.41. The first-order valence-corrected chi connectivity index (χ1v) is 8.97. The Morgan fingerprint density at radius 3 is 2.91 bits per heavy atom. The molecule has 2 aliphatic rings. The van der Waals surface area contributed by atoms with Crippen LogP contribution in [0.15, 0.2) is 23.0 Å². The Labute approximate surface area is 140 Å². The molecule has 0 spiro atoms. The molecule has 4 nitrogen and oxygen atoms in total. The summed E-state index contributed by atoms with van der Waals surface area (Å²) in [6, 6.07) is 5.23. The van der Waals surface area contributed by atoms with Crippen molar-refractivity contribution in [2.45, 2.75) is 38.6 Å². The molecule has 5 heteroatoms. The molecule has 1 N–H and O–H groups in total. The van der Waals surface area contributed by atoms with Gasteiger partial charge in [0.15, 0.2) is 0 Å². The third kappa shape index (κ3) is 3.15. The molecule has 23 heavy (non-hydrogen) atoms. The van der Waals surface area contributed by atoms with Gasteiger partial charge in [0.2, 0.25) is 0 Å². The van der Waals surface area contributed by atoms with Crippen LogP contribution in [0.25, 0.3) is 10.9 Å². The molecule has 4 rings (SSSR count). The van der Waals surface area contributed by atoms with Gasteiger partial charge < -0.3 is 4.98 Å². The van der Waals surface area contributed by atoms with Crippen LogP contribution in [-0.2, 0) is 6.54 Å². The van der Waals surface area contributed by atoms with Crippen LogP contribution in [-0.4, -0.2) is 28.0 Å². The second kappa shape index (κ2) is 6.25. The number of piperidine rings is 1. The van der Waals surface area contributed by atoms with Crippen molar-refractivity contribution in [3.8, 4) is 0 Å². The molecule has 1 saturated heterocycles. The van der Waals surface area contributed by atoms with Gasteiger partial charge in [-0.05, 0) is 49.4 Å². The molecule has 1 aromatic carbocycles. The van der Waals surface area contributed by atoms with E-state index in [1.807, 2.05) is 0 Å². The molecule has 122 valence electrons. The smallest absolute Gasteiger partial charge is 0.258 e. The molecule has 2 fully saturated rings. The third-order valence-electron chi connectivity index (χ3n) is 5.47. The van der Waals surface area contributed by atoms with Gasteiger partial charge in [-0.2, -0.15) is 0 Å². The van der Waals surface area contributed by atoms with E-state index in [-0.39, 0.29) is 5.56 Å². The van der Waals surface area contributed by atoms with Crippen LogP contribution in [0.5, 0.6) is 0 Å². The summed E-state index contributed by atoms with van der Waals surface area (Å²) in [6.45, 7) is 2.97. The highest BCUT2D eigenvalue weighted by Gasteiger charge is 2.31. The van der Waals surface area contributed by atoms with Gasteiger partial charge in [-0.1, -0.05) is 30.9 Å². The lowest BCUT2D eigenvalue weighted by atomic mass is 9.75. The minimum Gasteiger partial charge on any atom is -0.309 e. The molecule has 0 bridgehead atoms. The maximum Gasteiger partial charge on any atom is 0.258 e. The summed E-state index contributed by atoms with van der Waals surface area (Å²) >= 11 is 6.03. The van der Waals surface area contributed by atoms with Crippen LogP contribution in [0.4, 0.5) is 0 Å². The standard InChI is InChI=1S/C18H22ClN3O/c19-14-5-6-15-16(9-14)20-17(21-18(15)23)11-22-8-7-12-3-1-2-4-13(12)10-22/h5-6,9,12-13H,1-4,7-8,10-11H2,(H,20,21,23)/t12-,13-/m1/s1. The van der Waals surface area contributed by atoms with E-state index in [2.05, 4.69) is 14.9 Å². The van der Waals surface area contributed by atoms with E-state index < -0.39 is 0 Å². The van der Waals surface area contributed by atoms with E-state index in [0.29, 0.717) is 15.9 Å². The zero-order valence-corrected chi connectivity index (χ0v) is 14.0. The maximum absolute atomic E-state index is 12.2. The number of nitrogens with zero attached hydrogens (tertiary/aromatic N) is 2. The number of nitrogens with one attached hydrogen (secondary N) is 1. The first kappa shape index (κ1) is 15.2. The van der Waals surface area contributed by atoms with E-state index in [0.717, 1.165) is 37.3 Å². The van der Waals surface area contributed by atoms with E-state index in [1.165, 1.54) is 32.1 Å². The molecular weight excluding hydrogens is 310 g/mol. The quantitative estimate of drug-likeness (QED) is 0.915. The first-order valence-electron chi connectivity index (χ1n) is 8.60. The van der Waals surface area contributed by atoms with Crippen LogP contribution in [0.2, 0.25) is 5.02 Å². The Hall–Kier alpha value is -1.39. The summed E-state index contributed by atoms with van der Waals surface area (Å²) in [5.74, 6) is 2.50. The van der Waals surface area contributed by atoms with Gasteiger partial charge in [-0.3, -0.25) is 9.69 Å². The number of hydrogen-bond donors (Lipinski definition) is 1. The molecule has 0 radical (unpaired) electrons. The second-order valence-electron chi connectivity index (χ2n) is 7.00. The molecule has 0 amide bonds. The largest absolute Gasteiger partial charge is 0.309 e. The number of fused-ring (bicyclic) bond motifs is 2. The SMILES string of the molecule is O=c1[nH]c(CN2CC[C@H]3CCCC[C@@H]3C2)nc2cc(Cl)ccc12. The number of likely N-dealkylation sites (tertiary alicyclic amines) is 1. The number of hydrogen-bond acceptors (Lipinski definition) is 3. The normalized spacial score (nSPS) is 25.4. The average Bonchev–Trinajstić information content (AvgIpc) is 2.54. The van der Waals surface area contributed by atoms with Crippen LogP contribution >= 0.6 is 11.6 Å². The second-order valence-corrected chi connectivity index (χ2v) is 7.44. The Bertz CT molecular complexity index is 772. The molecule has 1 aromatic heterocycles. The Morgan fingerprint density at radius 2 is 2.04 bits per heavy atom.